The van der Waals surface area contributed by atoms with E-state index in [1.807, 2.05) is 36.4 Å². The third-order valence-electron chi connectivity index (χ3n) is 4.06. The minimum atomic E-state index is -3.90. The van der Waals surface area contributed by atoms with Gasteiger partial charge in [0.2, 0.25) is 15.9 Å². The Morgan fingerprint density at radius 2 is 1.43 bits per heavy atom. The fourth-order valence-electron chi connectivity index (χ4n) is 2.66. The van der Waals surface area contributed by atoms with Crippen LogP contribution in [0.5, 0.6) is 0 Å². The van der Waals surface area contributed by atoms with Crippen LogP contribution in [0.1, 0.15) is 5.56 Å². The van der Waals surface area contributed by atoms with Gasteiger partial charge in [-0.3, -0.25) is 4.79 Å². The lowest BCUT2D eigenvalue weighted by atomic mass is 10.1. The molecular formula is C21H19ClN2O3S. The van der Waals surface area contributed by atoms with Gasteiger partial charge in [-0.05, 0) is 48.4 Å². The van der Waals surface area contributed by atoms with Gasteiger partial charge in [-0.25, -0.2) is 8.42 Å². The number of nitrogens with one attached hydrogen (secondary N) is 2. The number of carbonyl (C=O) groups is 1. The van der Waals surface area contributed by atoms with Crippen LogP contribution in [-0.4, -0.2) is 20.4 Å². The van der Waals surface area contributed by atoms with E-state index in [2.05, 4.69) is 10.0 Å². The first-order chi connectivity index (χ1) is 13.4. The van der Waals surface area contributed by atoms with Gasteiger partial charge in [-0.15, -0.1) is 0 Å². The van der Waals surface area contributed by atoms with Crippen molar-refractivity contribution in [3.8, 4) is 0 Å². The second kappa shape index (κ2) is 9.01. The van der Waals surface area contributed by atoms with Crippen LogP contribution in [0.25, 0.3) is 0 Å². The number of hydrogen-bond donors (Lipinski definition) is 2. The van der Waals surface area contributed by atoms with Crippen molar-refractivity contribution in [1.82, 2.24) is 4.72 Å². The first kappa shape index (κ1) is 20.1. The van der Waals surface area contributed by atoms with Gasteiger partial charge in [-0.2, -0.15) is 4.72 Å². The van der Waals surface area contributed by atoms with E-state index in [9.17, 15) is 13.2 Å². The Morgan fingerprint density at radius 1 is 0.857 bits per heavy atom. The molecule has 0 heterocycles. The summed E-state index contributed by atoms with van der Waals surface area (Å²) >= 11 is 5.84. The molecule has 0 radical (unpaired) electrons. The van der Waals surface area contributed by atoms with Gasteiger partial charge in [0.1, 0.15) is 6.04 Å². The molecule has 1 atom stereocenters. The van der Waals surface area contributed by atoms with Gasteiger partial charge in [-0.1, -0.05) is 60.1 Å². The Morgan fingerprint density at radius 3 is 2.04 bits per heavy atom. The summed E-state index contributed by atoms with van der Waals surface area (Å²) in [6.45, 7) is 0. The molecule has 7 heteroatoms. The first-order valence-electron chi connectivity index (χ1n) is 8.62. The van der Waals surface area contributed by atoms with Gasteiger partial charge < -0.3 is 5.32 Å². The Hall–Kier alpha value is -2.67. The van der Waals surface area contributed by atoms with Crippen LogP contribution in [0.4, 0.5) is 5.69 Å². The normalized spacial score (nSPS) is 12.3. The molecule has 144 valence electrons. The molecule has 0 fully saturated rings. The predicted octanol–water partition coefficient (Wildman–Crippen LogP) is 3.87. The molecule has 3 aromatic rings. The number of rotatable bonds is 7. The Kier molecular flexibility index (Phi) is 6.46. The largest absolute Gasteiger partial charge is 0.325 e. The van der Waals surface area contributed by atoms with Crippen LogP contribution in [0.2, 0.25) is 5.02 Å². The lowest BCUT2D eigenvalue weighted by molar-refractivity contribution is -0.117. The van der Waals surface area contributed by atoms with Gasteiger partial charge in [0, 0.05) is 10.7 Å². The molecule has 0 aromatic heterocycles. The lowest BCUT2D eigenvalue weighted by Gasteiger charge is -2.19. The quantitative estimate of drug-likeness (QED) is 0.616. The maximum atomic E-state index is 12.8. The van der Waals surface area contributed by atoms with Crippen molar-refractivity contribution < 1.29 is 13.2 Å². The lowest BCUT2D eigenvalue weighted by Crippen LogP contribution is -2.45. The van der Waals surface area contributed by atoms with Crippen LogP contribution in [-0.2, 0) is 21.2 Å². The van der Waals surface area contributed by atoms with Crippen molar-refractivity contribution in [3.63, 3.8) is 0 Å². The standard InChI is InChI=1S/C21H19ClN2O3S/c22-17-11-13-19(14-12-17)28(26,27)24-20(15-16-7-3-1-4-8-16)21(25)23-18-9-5-2-6-10-18/h1-14,20,24H,15H2,(H,23,25)/t20-/m1/s1. The zero-order valence-electron chi connectivity index (χ0n) is 14.9. The van der Waals surface area contributed by atoms with Crippen molar-refractivity contribution in [3.05, 3.63) is 95.5 Å². The van der Waals surface area contributed by atoms with E-state index in [0.29, 0.717) is 10.7 Å². The van der Waals surface area contributed by atoms with E-state index in [0.717, 1.165) is 5.56 Å². The summed E-state index contributed by atoms with van der Waals surface area (Å²) in [5, 5.41) is 3.19. The van der Waals surface area contributed by atoms with Crippen LogP contribution in [0, 0.1) is 0 Å². The summed E-state index contributed by atoms with van der Waals surface area (Å²) in [5.41, 5.74) is 1.44. The molecule has 0 aliphatic heterocycles. The highest BCUT2D eigenvalue weighted by atomic mass is 35.5. The van der Waals surface area contributed by atoms with E-state index in [1.165, 1.54) is 24.3 Å². The van der Waals surface area contributed by atoms with Crippen LogP contribution in [0.15, 0.2) is 89.8 Å². The molecule has 1 amide bonds. The van der Waals surface area contributed by atoms with Crippen molar-refractivity contribution in [2.24, 2.45) is 0 Å². The first-order valence-corrected chi connectivity index (χ1v) is 10.5. The Labute approximate surface area is 169 Å². The van der Waals surface area contributed by atoms with E-state index < -0.39 is 22.0 Å². The summed E-state index contributed by atoms with van der Waals surface area (Å²) in [6.07, 6.45) is 0.215. The number of para-hydroxylation sites is 1. The Balaban J connectivity index is 1.84. The average Bonchev–Trinajstić information content (AvgIpc) is 2.69. The molecular weight excluding hydrogens is 396 g/mol. The van der Waals surface area contributed by atoms with Crippen LogP contribution >= 0.6 is 11.6 Å². The van der Waals surface area contributed by atoms with Gasteiger partial charge in [0.25, 0.3) is 0 Å². The number of carbonyl (C=O) groups excluding carboxylic acids is 1. The Bertz CT molecular complexity index is 1020. The van der Waals surface area contributed by atoms with E-state index in [-0.39, 0.29) is 11.3 Å². The van der Waals surface area contributed by atoms with Gasteiger partial charge in [0.05, 0.1) is 4.90 Å². The topological polar surface area (TPSA) is 75.3 Å². The second-order valence-corrected chi connectivity index (χ2v) is 8.32. The highest BCUT2D eigenvalue weighted by Crippen LogP contribution is 2.16. The molecule has 3 rings (SSSR count). The molecule has 0 unspecified atom stereocenters. The summed E-state index contributed by atoms with van der Waals surface area (Å²) in [5.74, 6) is -0.437. The number of amides is 1. The van der Waals surface area contributed by atoms with Crippen molar-refractivity contribution >= 4 is 33.2 Å². The monoisotopic (exact) mass is 414 g/mol. The zero-order valence-corrected chi connectivity index (χ0v) is 16.5. The number of benzene rings is 3. The summed E-state index contributed by atoms with van der Waals surface area (Å²) in [7, 11) is -3.90. The maximum absolute atomic E-state index is 12.8. The molecule has 0 saturated carbocycles. The highest BCUT2D eigenvalue weighted by molar-refractivity contribution is 7.89. The fraction of sp³-hybridized carbons (Fsp3) is 0.0952. The molecule has 0 aliphatic carbocycles. The summed E-state index contributed by atoms with van der Waals surface area (Å²) < 4.78 is 28.0. The van der Waals surface area contributed by atoms with E-state index in [1.54, 1.807) is 24.3 Å². The minimum Gasteiger partial charge on any atom is -0.325 e. The molecule has 2 N–H and O–H groups in total. The number of anilines is 1. The van der Waals surface area contributed by atoms with Crippen molar-refractivity contribution in [2.45, 2.75) is 17.4 Å². The molecule has 0 bridgehead atoms. The average molecular weight is 415 g/mol. The molecule has 0 spiro atoms. The minimum absolute atomic E-state index is 0.0440. The second-order valence-electron chi connectivity index (χ2n) is 6.17. The molecule has 3 aromatic carbocycles. The number of hydrogen-bond acceptors (Lipinski definition) is 3. The molecule has 0 aliphatic rings. The summed E-state index contributed by atoms with van der Waals surface area (Å²) in [6, 6.07) is 22.9. The van der Waals surface area contributed by atoms with Crippen molar-refractivity contribution in [1.29, 1.82) is 0 Å². The molecule has 5 nitrogen and oxygen atoms in total. The number of sulfonamides is 1. The SMILES string of the molecule is O=C(Nc1ccccc1)[C@@H](Cc1ccccc1)NS(=O)(=O)c1ccc(Cl)cc1. The third kappa shape index (κ3) is 5.42. The smallest absolute Gasteiger partial charge is 0.242 e. The summed E-state index contributed by atoms with van der Waals surface area (Å²) in [4.78, 5) is 12.9. The zero-order chi connectivity index (χ0) is 20.0. The van der Waals surface area contributed by atoms with Crippen LogP contribution in [0.3, 0.4) is 0 Å². The molecule has 28 heavy (non-hydrogen) atoms. The van der Waals surface area contributed by atoms with Gasteiger partial charge >= 0.3 is 0 Å². The third-order valence-corrected chi connectivity index (χ3v) is 5.80. The van der Waals surface area contributed by atoms with E-state index in [4.69, 9.17) is 11.6 Å². The van der Waals surface area contributed by atoms with Crippen molar-refractivity contribution in [2.75, 3.05) is 5.32 Å². The van der Waals surface area contributed by atoms with Crippen LogP contribution < -0.4 is 10.0 Å². The predicted molar refractivity (Wildman–Crippen MR) is 111 cm³/mol. The highest BCUT2D eigenvalue weighted by Gasteiger charge is 2.26. The fourth-order valence-corrected chi connectivity index (χ4v) is 3.98. The molecule has 0 saturated heterocycles. The maximum Gasteiger partial charge on any atom is 0.242 e. The van der Waals surface area contributed by atoms with E-state index >= 15 is 0 Å². The van der Waals surface area contributed by atoms with Gasteiger partial charge in [0.15, 0.2) is 0 Å². The number of halogens is 1.